The average Bonchev–Trinajstić information content (AvgIpc) is 3.11. The number of anilines is 1. The molecule has 0 bridgehead atoms. The molecule has 0 saturated heterocycles. The summed E-state index contributed by atoms with van der Waals surface area (Å²) < 4.78 is 1.79. The van der Waals surface area contributed by atoms with Crippen molar-refractivity contribution >= 4 is 29.0 Å². The minimum Gasteiger partial charge on any atom is -0.325 e. The molecule has 26 heavy (non-hydrogen) atoms. The van der Waals surface area contributed by atoms with Gasteiger partial charge in [0.15, 0.2) is 5.16 Å². The second-order valence-electron chi connectivity index (χ2n) is 5.36. The minimum absolute atomic E-state index is 0.0285. The van der Waals surface area contributed by atoms with E-state index in [1.165, 1.54) is 17.8 Å². The van der Waals surface area contributed by atoms with E-state index in [0.29, 0.717) is 16.4 Å². The molecule has 1 N–H and O–H groups in total. The first-order chi connectivity index (χ1) is 12.6. The van der Waals surface area contributed by atoms with Crippen LogP contribution in [0.5, 0.6) is 0 Å². The summed E-state index contributed by atoms with van der Waals surface area (Å²) in [6.45, 7) is 1.60. The normalized spacial score (nSPS) is 10.5. The highest BCUT2D eigenvalue weighted by atomic mass is 32.2. The summed E-state index contributed by atoms with van der Waals surface area (Å²) in [4.78, 5) is 22.7. The van der Waals surface area contributed by atoms with E-state index in [-0.39, 0.29) is 17.3 Å². The van der Waals surface area contributed by atoms with E-state index in [2.05, 4.69) is 15.5 Å². The lowest BCUT2D eigenvalue weighted by Gasteiger charge is -2.09. The summed E-state index contributed by atoms with van der Waals surface area (Å²) in [5.74, 6) is -0.172. The van der Waals surface area contributed by atoms with E-state index in [1.807, 2.05) is 30.3 Å². The average molecular weight is 369 g/mol. The third-order valence-corrected chi connectivity index (χ3v) is 4.60. The second-order valence-corrected chi connectivity index (χ2v) is 6.31. The predicted molar refractivity (Wildman–Crippen MR) is 98.5 cm³/mol. The highest BCUT2D eigenvalue weighted by molar-refractivity contribution is 7.99. The van der Waals surface area contributed by atoms with Gasteiger partial charge in [0.25, 0.3) is 5.69 Å². The van der Waals surface area contributed by atoms with Crippen LogP contribution in [0.1, 0.15) is 5.56 Å². The molecule has 0 unspecified atom stereocenters. The molecule has 0 radical (unpaired) electrons. The van der Waals surface area contributed by atoms with Gasteiger partial charge in [-0.25, -0.2) is 0 Å². The van der Waals surface area contributed by atoms with E-state index >= 15 is 0 Å². The number of nitro benzene ring substituents is 1. The number of thioether (sulfide) groups is 1. The Labute approximate surface area is 153 Å². The molecule has 2 aromatic carbocycles. The third kappa shape index (κ3) is 3.89. The largest absolute Gasteiger partial charge is 0.325 e. The molecule has 0 aliphatic rings. The molecule has 8 nitrogen and oxygen atoms in total. The van der Waals surface area contributed by atoms with E-state index in [1.54, 1.807) is 30.0 Å². The summed E-state index contributed by atoms with van der Waals surface area (Å²) in [6, 6.07) is 14.1. The molecule has 0 aliphatic heterocycles. The van der Waals surface area contributed by atoms with Crippen molar-refractivity contribution in [3.05, 3.63) is 70.5 Å². The molecular formula is C17H15N5O3S. The highest BCUT2D eigenvalue weighted by Gasteiger charge is 2.15. The van der Waals surface area contributed by atoms with Gasteiger partial charge in [0, 0.05) is 11.8 Å². The number of benzene rings is 2. The lowest BCUT2D eigenvalue weighted by Crippen LogP contribution is -2.15. The van der Waals surface area contributed by atoms with Crippen molar-refractivity contribution in [1.29, 1.82) is 0 Å². The van der Waals surface area contributed by atoms with Gasteiger partial charge in [0.2, 0.25) is 5.91 Å². The van der Waals surface area contributed by atoms with Gasteiger partial charge in [-0.2, -0.15) is 0 Å². The van der Waals surface area contributed by atoms with Crippen LogP contribution in [0.15, 0.2) is 60.0 Å². The molecule has 0 aliphatic carbocycles. The van der Waals surface area contributed by atoms with Crippen LogP contribution in [0.4, 0.5) is 11.4 Å². The van der Waals surface area contributed by atoms with Gasteiger partial charge in [0.1, 0.15) is 6.33 Å². The number of aromatic nitrogens is 3. The molecule has 9 heteroatoms. The lowest BCUT2D eigenvalue weighted by atomic mass is 10.1. The van der Waals surface area contributed by atoms with Gasteiger partial charge in [-0.1, -0.05) is 36.0 Å². The molecule has 3 aromatic rings. The number of nitro groups is 1. The van der Waals surface area contributed by atoms with E-state index < -0.39 is 4.92 Å². The first kappa shape index (κ1) is 17.6. The maximum Gasteiger partial charge on any atom is 0.274 e. The van der Waals surface area contributed by atoms with Gasteiger partial charge >= 0.3 is 0 Å². The van der Waals surface area contributed by atoms with E-state index in [4.69, 9.17) is 0 Å². The van der Waals surface area contributed by atoms with Crippen LogP contribution in [-0.4, -0.2) is 31.3 Å². The first-order valence-corrected chi connectivity index (χ1v) is 8.67. The summed E-state index contributed by atoms with van der Waals surface area (Å²) in [5, 5.41) is 22.2. The van der Waals surface area contributed by atoms with Crippen LogP contribution in [0.25, 0.3) is 5.69 Å². The van der Waals surface area contributed by atoms with Gasteiger partial charge in [-0.15, -0.1) is 10.2 Å². The topological polar surface area (TPSA) is 103 Å². The van der Waals surface area contributed by atoms with Crippen molar-refractivity contribution in [2.24, 2.45) is 0 Å². The Bertz CT molecular complexity index is 943. The molecule has 3 rings (SSSR count). The Balaban J connectivity index is 1.67. The Kier molecular flexibility index (Phi) is 5.28. The third-order valence-electron chi connectivity index (χ3n) is 3.66. The summed E-state index contributed by atoms with van der Waals surface area (Å²) in [7, 11) is 0. The predicted octanol–water partition coefficient (Wildman–Crippen LogP) is 3.21. The molecule has 0 fully saturated rings. The molecule has 0 saturated carbocycles. The zero-order valence-corrected chi connectivity index (χ0v) is 14.6. The van der Waals surface area contributed by atoms with E-state index in [9.17, 15) is 14.9 Å². The Morgan fingerprint density at radius 2 is 2.00 bits per heavy atom. The van der Waals surface area contributed by atoms with Gasteiger partial charge in [-0.3, -0.25) is 19.5 Å². The van der Waals surface area contributed by atoms with Gasteiger partial charge < -0.3 is 5.32 Å². The smallest absolute Gasteiger partial charge is 0.274 e. The fraction of sp³-hybridized carbons (Fsp3) is 0.118. The van der Waals surface area contributed by atoms with Gasteiger partial charge in [0.05, 0.1) is 21.9 Å². The standard InChI is InChI=1S/C17H15N5O3S/c1-12-14(8-5-9-15(12)22(24)25)19-16(23)10-26-17-20-18-11-21(17)13-6-3-2-4-7-13/h2-9,11H,10H2,1H3,(H,19,23). The van der Waals surface area contributed by atoms with Crippen LogP contribution >= 0.6 is 11.8 Å². The van der Waals surface area contributed by atoms with Crippen LogP contribution in [0.3, 0.4) is 0 Å². The maximum atomic E-state index is 12.2. The molecular weight excluding hydrogens is 354 g/mol. The monoisotopic (exact) mass is 369 g/mol. The number of rotatable bonds is 6. The number of nitrogens with zero attached hydrogens (tertiary/aromatic N) is 4. The number of nitrogens with one attached hydrogen (secondary N) is 1. The Morgan fingerprint density at radius 3 is 2.73 bits per heavy atom. The maximum absolute atomic E-state index is 12.2. The van der Waals surface area contributed by atoms with Crippen molar-refractivity contribution in [3.63, 3.8) is 0 Å². The first-order valence-electron chi connectivity index (χ1n) is 7.68. The van der Waals surface area contributed by atoms with E-state index in [0.717, 1.165) is 5.69 Å². The quantitative estimate of drug-likeness (QED) is 0.406. The van der Waals surface area contributed by atoms with Crippen molar-refractivity contribution in [2.45, 2.75) is 12.1 Å². The van der Waals surface area contributed by atoms with Crippen LogP contribution in [0.2, 0.25) is 0 Å². The van der Waals surface area contributed by atoms with Gasteiger partial charge in [-0.05, 0) is 25.1 Å². The number of amides is 1. The molecule has 1 heterocycles. The van der Waals surface area contributed by atoms with Crippen LogP contribution in [0, 0.1) is 17.0 Å². The van der Waals surface area contributed by atoms with Crippen molar-refractivity contribution < 1.29 is 9.72 Å². The number of hydrogen-bond acceptors (Lipinski definition) is 6. The zero-order chi connectivity index (χ0) is 18.5. The molecule has 0 spiro atoms. The molecule has 0 atom stereocenters. The Morgan fingerprint density at radius 1 is 1.23 bits per heavy atom. The fourth-order valence-electron chi connectivity index (χ4n) is 2.36. The summed E-state index contributed by atoms with van der Waals surface area (Å²) in [6.07, 6.45) is 1.58. The highest BCUT2D eigenvalue weighted by Crippen LogP contribution is 2.25. The SMILES string of the molecule is Cc1c(NC(=O)CSc2nncn2-c2ccccc2)cccc1[N+](=O)[O-]. The van der Waals surface area contributed by atoms with Crippen LogP contribution in [-0.2, 0) is 4.79 Å². The summed E-state index contributed by atoms with van der Waals surface area (Å²) >= 11 is 1.24. The number of hydrogen-bond donors (Lipinski definition) is 1. The molecule has 1 aromatic heterocycles. The second kappa shape index (κ2) is 7.79. The lowest BCUT2D eigenvalue weighted by molar-refractivity contribution is -0.385. The Hall–Kier alpha value is -3.20. The zero-order valence-electron chi connectivity index (χ0n) is 13.8. The number of carbonyl (C=O) groups excluding carboxylic acids is 1. The van der Waals surface area contributed by atoms with Crippen molar-refractivity contribution in [2.75, 3.05) is 11.1 Å². The number of carbonyl (C=O) groups is 1. The van der Waals surface area contributed by atoms with Crippen LogP contribution < -0.4 is 5.32 Å². The van der Waals surface area contributed by atoms with Crippen molar-refractivity contribution in [3.8, 4) is 5.69 Å². The number of para-hydroxylation sites is 1. The minimum atomic E-state index is -0.470. The fourth-order valence-corrected chi connectivity index (χ4v) is 3.09. The summed E-state index contributed by atoms with van der Waals surface area (Å²) in [5.41, 5.74) is 1.71. The van der Waals surface area contributed by atoms with Crippen molar-refractivity contribution in [1.82, 2.24) is 14.8 Å². The molecule has 1 amide bonds. The molecule has 132 valence electrons.